The van der Waals surface area contributed by atoms with Gasteiger partial charge in [-0.15, -0.1) is 0 Å². The van der Waals surface area contributed by atoms with Crippen LogP contribution in [0.1, 0.15) is 44.9 Å². The van der Waals surface area contributed by atoms with Crippen molar-refractivity contribution >= 4 is 11.8 Å². The van der Waals surface area contributed by atoms with Gasteiger partial charge in [-0.25, -0.2) is 0 Å². The molecule has 1 heterocycles. The summed E-state index contributed by atoms with van der Waals surface area (Å²) in [6, 6.07) is 14.0. The smallest absolute Gasteiger partial charge is 0.242 e. The molecule has 5 nitrogen and oxygen atoms in total. The predicted molar refractivity (Wildman–Crippen MR) is 112 cm³/mol. The molecule has 152 valence electrons. The van der Waals surface area contributed by atoms with Gasteiger partial charge in [0.1, 0.15) is 0 Å². The van der Waals surface area contributed by atoms with E-state index in [1.54, 1.807) is 4.90 Å². The molecule has 0 aliphatic rings. The largest absolute Gasteiger partial charge is 0.353 e. The minimum Gasteiger partial charge on any atom is -0.353 e. The van der Waals surface area contributed by atoms with Crippen molar-refractivity contribution < 1.29 is 9.59 Å². The summed E-state index contributed by atoms with van der Waals surface area (Å²) in [6.45, 7) is 7.68. The van der Waals surface area contributed by atoms with E-state index in [2.05, 4.69) is 6.92 Å². The van der Waals surface area contributed by atoms with E-state index < -0.39 is 0 Å². The molecule has 0 saturated heterocycles. The lowest BCUT2D eigenvalue weighted by Gasteiger charge is -2.29. The first-order valence-electron chi connectivity index (χ1n) is 10.1. The third kappa shape index (κ3) is 6.25. The first-order valence-corrected chi connectivity index (χ1v) is 10.1. The van der Waals surface area contributed by atoms with Crippen LogP contribution in [0, 0.1) is 5.92 Å². The first-order chi connectivity index (χ1) is 13.4. The van der Waals surface area contributed by atoms with Crippen molar-refractivity contribution in [2.75, 3.05) is 13.1 Å². The fraction of sp³-hybridized carbons (Fsp3) is 0.478. The standard InChI is InChI=1S/C23H33N3O2/c1-5-6-15-25(23(28)19(2)3)18-22(27)26(16-20-11-8-7-9-12-20)17-21-13-10-14-24(21)4/h7-14,19H,5-6,15-18H2,1-4H3. The second-order valence-electron chi connectivity index (χ2n) is 7.61. The van der Waals surface area contributed by atoms with Gasteiger partial charge in [0.05, 0.1) is 13.1 Å². The molecule has 28 heavy (non-hydrogen) atoms. The molecule has 1 aromatic carbocycles. The van der Waals surface area contributed by atoms with Crippen LogP contribution in [0.15, 0.2) is 48.7 Å². The minimum absolute atomic E-state index is 0.0184. The molecular weight excluding hydrogens is 350 g/mol. The molecule has 0 radical (unpaired) electrons. The van der Waals surface area contributed by atoms with E-state index in [4.69, 9.17) is 0 Å². The molecule has 0 atom stereocenters. The molecule has 0 saturated carbocycles. The van der Waals surface area contributed by atoms with Crippen LogP contribution in [-0.2, 0) is 29.7 Å². The fourth-order valence-corrected chi connectivity index (χ4v) is 3.14. The molecule has 1 aromatic heterocycles. The molecule has 0 aliphatic carbocycles. The van der Waals surface area contributed by atoms with E-state index in [9.17, 15) is 9.59 Å². The molecule has 2 rings (SSSR count). The van der Waals surface area contributed by atoms with Crippen LogP contribution >= 0.6 is 0 Å². The number of hydrogen-bond donors (Lipinski definition) is 0. The number of aryl methyl sites for hydroxylation is 1. The van der Waals surface area contributed by atoms with Crippen LogP contribution in [0.2, 0.25) is 0 Å². The quantitative estimate of drug-likeness (QED) is 0.626. The highest BCUT2D eigenvalue weighted by molar-refractivity contribution is 5.85. The zero-order valence-corrected chi connectivity index (χ0v) is 17.6. The Morgan fingerprint density at radius 2 is 1.71 bits per heavy atom. The molecule has 2 amide bonds. The molecular formula is C23H33N3O2. The number of nitrogens with zero attached hydrogens (tertiary/aromatic N) is 3. The van der Waals surface area contributed by atoms with Crippen LogP contribution in [0.4, 0.5) is 0 Å². The van der Waals surface area contributed by atoms with Gasteiger partial charge in [-0.1, -0.05) is 57.5 Å². The lowest BCUT2D eigenvalue weighted by Crippen LogP contribution is -2.44. The van der Waals surface area contributed by atoms with E-state index in [0.717, 1.165) is 24.1 Å². The van der Waals surface area contributed by atoms with Gasteiger partial charge in [-0.3, -0.25) is 9.59 Å². The van der Waals surface area contributed by atoms with Crippen molar-refractivity contribution in [3.63, 3.8) is 0 Å². The van der Waals surface area contributed by atoms with Gasteiger partial charge in [0.25, 0.3) is 0 Å². The molecule has 0 spiro atoms. The summed E-state index contributed by atoms with van der Waals surface area (Å²) in [4.78, 5) is 29.4. The van der Waals surface area contributed by atoms with Gasteiger partial charge in [0.15, 0.2) is 0 Å². The maximum atomic E-state index is 13.2. The summed E-state index contributed by atoms with van der Waals surface area (Å²) in [5.74, 6) is -0.0874. The number of amides is 2. The summed E-state index contributed by atoms with van der Waals surface area (Å²) < 4.78 is 2.03. The van der Waals surface area contributed by atoms with Crippen molar-refractivity contribution in [3.8, 4) is 0 Å². The van der Waals surface area contributed by atoms with Gasteiger partial charge in [-0.05, 0) is 24.1 Å². The summed E-state index contributed by atoms with van der Waals surface area (Å²) in [7, 11) is 1.98. The highest BCUT2D eigenvalue weighted by Gasteiger charge is 2.23. The topological polar surface area (TPSA) is 45.6 Å². The summed E-state index contributed by atoms with van der Waals surface area (Å²) >= 11 is 0. The van der Waals surface area contributed by atoms with Gasteiger partial charge in [0, 0.05) is 37.9 Å². The minimum atomic E-state index is -0.111. The zero-order valence-electron chi connectivity index (χ0n) is 17.6. The van der Waals surface area contributed by atoms with Crippen molar-refractivity contribution in [2.45, 2.75) is 46.7 Å². The number of carbonyl (C=O) groups excluding carboxylic acids is 2. The molecule has 0 aliphatic heterocycles. The van der Waals surface area contributed by atoms with E-state index in [0.29, 0.717) is 19.6 Å². The lowest BCUT2D eigenvalue weighted by molar-refractivity contribution is -0.143. The van der Waals surface area contributed by atoms with Gasteiger partial charge < -0.3 is 14.4 Å². The van der Waals surface area contributed by atoms with Crippen molar-refractivity contribution in [2.24, 2.45) is 13.0 Å². The SMILES string of the molecule is CCCCN(CC(=O)N(Cc1ccccc1)Cc1cccn1C)C(=O)C(C)C. The Labute approximate surface area is 168 Å². The number of benzene rings is 1. The maximum Gasteiger partial charge on any atom is 0.242 e. The second kappa shape index (κ2) is 10.7. The average molecular weight is 384 g/mol. The lowest BCUT2D eigenvalue weighted by atomic mass is 10.1. The third-order valence-electron chi connectivity index (χ3n) is 4.89. The molecule has 5 heteroatoms. The highest BCUT2D eigenvalue weighted by Crippen LogP contribution is 2.13. The molecule has 0 N–H and O–H groups in total. The van der Waals surface area contributed by atoms with Crippen molar-refractivity contribution in [1.29, 1.82) is 0 Å². The number of carbonyl (C=O) groups is 2. The van der Waals surface area contributed by atoms with E-state index in [1.165, 1.54) is 0 Å². The third-order valence-corrected chi connectivity index (χ3v) is 4.89. The Bertz CT molecular complexity index is 752. The number of aromatic nitrogens is 1. The van der Waals surface area contributed by atoms with Gasteiger partial charge in [0.2, 0.25) is 11.8 Å². The Morgan fingerprint density at radius 3 is 2.29 bits per heavy atom. The fourth-order valence-electron chi connectivity index (χ4n) is 3.14. The normalized spacial score (nSPS) is 10.9. The number of unbranched alkanes of at least 4 members (excludes halogenated alkanes) is 1. The second-order valence-corrected chi connectivity index (χ2v) is 7.61. The Morgan fingerprint density at radius 1 is 1.00 bits per heavy atom. The van der Waals surface area contributed by atoms with Crippen molar-refractivity contribution in [1.82, 2.24) is 14.4 Å². The Hall–Kier alpha value is -2.56. The van der Waals surface area contributed by atoms with Crippen LogP contribution in [-0.4, -0.2) is 39.3 Å². The maximum absolute atomic E-state index is 13.2. The highest BCUT2D eigenvalue weighted by atomic mass is 16.2. The zero-order chi connectivity index (χ0) is 20.5. The summed E-state index contributed by atoms with van der Waals surface area (Å²) in [6.07, 6.45) is 3.88. The predicted octanol–water partition coefficient (Wildman–Crippen LogP) is 3.84. The Balaban J connectivity index is 2.18. The van der Waals surface area contributed by atoms with Crippen LogP contribution in [0.3, 0.4) is 0 Å². The van der Waals surface area contributed by atoms with E-state index >= 15 is 0 Å². The molecule has 0 bridgehead atoms. The first kappa shape index (κ1) is 21.7. The van der Waals surface area contributed by atoms with Gasteiger partial charge >= 0.3 is 0 Å². The van der Waals surface area contributed by atoms with Crippen molar-refractivity contribution in [3.05, 3.63) is 59.9 Å². The van der Waals surface area contributed by atoms with Crippen LogP contribution in [0.25, 0.3) is 0 Å². The van der Waals surface area contributed by atoms with Gasteiger partial charge in [-0.2, -0.15) is 0 Å². The number of hydrogen-bond acceptors (Lipinski definition) is 2. The van der Waals surface area contributed by atoms with Crippen LogP contribution in [0.5, 0.6) is 0 Å². The molecule has 2 aromatic rings. The summed E-state index contributed by atoms with van der Waals surface area (Å²) in [5, 5.41) is 0. The average Bonchev–Trinajstić information content (AvgIpc) is 3.09. The van der Waals surface area contributed by atoms with E-state index in [1.807, 2.05) is 79.0 Å². The monoisotopic (exact) mass is 383 g/mol. The Kier molecular flexibility index (Phi) is 8.30. The summed E-state index contributed by atoms with van der Waals surface area (Å²) in [5.41, 5.74) is 2.15. The van der Waals surface area contributed by atoms with Crippen LogP contribution < -0.4 is 0 Å². The molecule has 0 unspecified atom stereocenters. The van der Waals surface area contributed by atoms with E-state index in [-0.39, 0.29) is 24.3 Å². The molecule has 0 fully saturated rings. The number of rotatable bonds is 10.